The van der Waals surface area contributed by atoms with Crippen LogP contribution in [0.25, 0.3) is 0 Å². The number of nitrogens with two attached hydrogens (primary N) is 1. The van der Waals surface area contributed by atoms with Crippen molar-refractivity contribution in [1.82, 2.24) is 5.32 Å². The van der Waals surface area contributed by atoms with Crippen molar-refractivity contribution in [2.75, 3.05) is 19.3 Å². The quantitative estimate of drug-likeness (QED) is 0.746. The van der Waals surface area contributed by atoms with Crippen molar-refractivity contribution in [1.29, 1.82) is 0 Å². The molecule has 1 aliphatic rings. The van der Waals surface area contributed by atoms with Crippen LogP contribution in [0.1, 0.15) is 33.1 Å². The van der Waals surface area contributed by atoms with E-state index in [4.69, 9.17) is 5.73 Å². The third-order valence-electron chi connectivity index (χ3n) is 3.68. The number of hydrogen-bond acceptors (Lipinski definition) is 3. The van der Waals surface area contributed by atoms with Gasteiger partial charge in [-0.1, -0.05) is 20.3 Å². The molecule has 3 nitrogen and oxygen atoms in total. The van der Waals surface area contributed by atoms with Crippen LogP contribution in [0.3, 0.4) is 0 Å². The van der Waals surface area contributed by atoms with Crippen molar-refractivity contribution < 1.29 is 4.79 Å². The maximum absolute atomic E-state index is 11.9. The molecule has 1 aliphatic carbocycles. The Hall–Kier alpha value is -0.220. The predicted molar refractivity (Wildman–Crippen MR) is 70.5 cm³/mol. The summed E-state index contributed by atoms with van der Waals surface area (Å²) in [7, 11) is 0. The first-order valence-electron chi connectivity index (χ1n) is 6.07. The molecule has 0 saturated heterocycles. The van der Waals surface area contributed by atoms with Crippen LogP contribution in [-0.4, -0.2) is 30.0 Å². The van der Waals surface area contributed by atoms with Gasteiger partial charge in [-0.2, -0.15) is 11.8 Å². The van der Waals surface area contributed by atoms with Crippen molar-refractivity contribution in [3.05, 3.63) is 0 Å². The van der Waals surface area contributed by atoms with Gasteiger partial charge in [-0.25, -0.2) is 0 Å². The number of hydrogen-bond donors (Lipinski definition) is 2. The van der Waals surface area contributed by atoms with E-state index in [1.807, 2.05) is 25.6 Å². The minimum atomic E-state index is -0.0426. The molecule has 1 atom stereocenters. The topological polar surface area (TPSA) is 55.1 Å². The van der Waals surface area contributed by atoms with E-state index in [1.54, 1.807) is 0 Å². The standard InChI is InChI=1S/C12H24N2OS/c1-9(2)10(7-13)11(15)14-8-12(16-3)5-4-6-12/h9-10H,4-8,13H2,1-3H3,(H,14,15). The van der Waals surface area contributed by atoms with Gasteiger partial charge in [-0.05, 0) is 25.0 Å². The van der Waals surface area contributed by atoms with Gasteiger partial charge in [0.15, 0.2) is 0 Å². The molecule has 1 rings (SSSR count). The third kappa shape index (κ3) is 3.14. The van der Waals surface area contributed by atoms with Gasteiger partial charge in [0.1, 0.15) is 0 Å². The highest BCUT2D eigenvalue weighted by molar-refractivity contribution is 8.00. The molecule has 0 aromatic carbocycles. The molecular formula is C12H24N2OS. The Morgan fingerprint density at radius 1 is 1.50 bits per heavy atom. The molecule has 0 aromatic heterocycles. The summed E-state index contributed by atoms with van der Waals surface area (Å²) in [5, 5.41) is 3.07. The number of rotatable bonds is 6. The van der Waals surface area contributed by atoms with Crippen LogP contribution in [-0.2, 0) is 4.79 Å². The van der Waals surface area contributed by atoms with Crippen LogP contribution in [0.15, 0.2) is 0 Å². The lowest BCUT2D eigenvalue weighted by Gasteiger charge is -2.40. The van der Waals surface area contributed by atoms with Crippen LogP contribution in [0.2, 0.25) is 0 Å². The van der Waals surface area contributed by atoms with E-state index in [0.29, 0.717) is 17.2 Å². The highest BCUT2D eigenvalue weighted by Crippen LogP contribution is 2.42. The van der Waals surface area contributed by atoms with Crippen LogP contribution in [0, 0.1) is 11.8 Å². The second kappa shape index (κ2) is 5.92. The number of carbonyl (C=O) groups is 1. The fraction of sp³-hybridized carbons (Fsp3) is 0.917. The van der Waals surface area contributed by atoms with Gasteiger partial charge < -0.3 is 11.1 Å². The first kappa shape index (κ1) is 13.8. The van der Waals surface area contributed by atoms with Gasteiger partial charge in [0, 0.05) is 17.8 Å². The van der Waals surface area contributed by atoms with Gasteiger partial charge >= 0.3 is 0 Å². The molecule has 1 fully saturated rings. The molecule has 16 heavy (non-hydrogen) atoms. The predicted octanol–water partition coefficient (Wildman–Crippen LogP) is 1.62. The highest BCUT2D eigenvalue weighted by atomic mass is 32.2. The smallest absolute Gasteiger partial charge is 0.224 e. The minimum Gasteiger partial charge on any atom is -0.354 e. The zero-order chi connectivity index (χ0) is 12.2. The van der Waals surface area contributed by atoms with Gasteiger partial charge in [-0.15, -0.1) is 0 Å². The molecule has 0 bridgehead atoms. The Balaban J connectivity index is 2.39. The molecule has 0 heterocycles. The number of nitrogens with one attached hydrogen (secondary N) is 1. The molecule has 1 amide bonds. The fourth-order valence-corrected chi connectivity index (χ4v) is 3.00. The summed E-state index contributed by atoms with van der Waals surface area (Å²) in [6, 6.07) is 0. The zero-order valence-corrected chi connectivity index (χ0v) is 11.4. The van der Waals surface area contributed by atoms with Gasteiger partial charge in [0.05, 0.1) is 5.92 Å². The molecule has 0 aliphatic heterocycles. The molecule has 1 saturated carbocycles. The Labute approximate surface area is 103 Å². The molecule has 0 aromatic rings. The minimum absolute atomic E-state index is 0.0426. The summed E-state index contributed by atoms with van der Waals surface area (Å²) < 4.78 is 0.311. The largest absolute Gasteiger partial charge is 0.354 e. The second-order valence-electron chi connectivity index (χ2n) is 5.04. The van der Waals surface area contributed by atoms with E-state index in [0.717, 1.165) is 6.54 Å². The SMILES string of the molecule is CSC1(CNC(=O)C(CN)C(C)C)CCC1. The molecule has 0 spiro atoms. The Morgan fingerprint density at radius 2 is 2.12 bits per heavy atom. The lowest BCUT2D eigenvalue weighted by Crippen LogP contribution is -2.48. The number of thioether (sulfide) groups is 1. The third-order valence-corrected chi connectivity index (χ3v) is 5.10. The Bertz CT molecular complexity index is 234. The second-order valence-corrected chi connectivity index (χ2v) is 6.32. The summed E-state index contributed by atoms with van der Waals surface area (Å²) in [5.41, 5.74) is 5.63. The first-order chi connectivity index (χ1) is 7.54. The van der Waals surface area contributed by atoms with Gasteiger partial charge in [0.2, 0.25) is 5.91 Å². The lowest BCUT2D eigenvalue weighted by molar-refractivity contribution is -0.126. The average molecular weight is 244 g/mol. The lowest BCUT2D eigenvalue weighted by atomic mass is 9.84. The van der Waals surface area contributed by atoms with Crippen molar-refractivity contribution in [3.8, 4) is 0 Å². The normalized spacial score (nSPS) is 20.3. The summed E-state index contributed by atoms with van der Waals surface area (Å²) in [6.07, 6.45) is 5.88. The Morgan fingerprint density at radius 3 is 2.44 bits per heavy atom. The molecule has 0 radical (unpaired) electrons. The highest BCUT2D eigenvalue weighted by Gasteiger charge is 2.36. The van der Waals surface area contributed by atoms with Crippen LogP contribution < -0.4 is 11.1 Å². The molecule has 1 unspecified atom stereocenters. The van der Waals surface area contributed by atoms with Crippen LogP contribution >= 0.6 is 11.8 Å². The van der Waals surface area contributed by atoms with Crippen molar-refractivity contribution in [2.24, 2.45) is 17.6 Å². The van der Waals surface area contributed by atoms with E-state index in [9.17, 15) is 4.79 Å². The van der Waals surface area contributed by atoms with E-state index in [2.05, 4.69) is 11.6 Å². The maximum Gasteiger partial charge on any atom is 0.224 e. The molecule has 94 valence electrons. The van der Waals surface area contributed by atoms with E-state index >= 15 is 0 Å². The first-order valence-corrected chi connectivity index (χ1v) is 7.30. The Kier molecular flexibility index (Phi) is 5.12. The van der Waals surface area contributed by atoms with Gasteiger partial charge in [0.25, 0.3) is 0 Å². The van der Waals surface area contributed by atoms with Crippen molar-refractivity contribution in [3.63, 3.8) is 0 Å². The summed E-state index contributed by atoms with van der Waals surface area (Å²) >= 11 is 1.88. The summed E-state index contributed by atoms with van der Waals surface area (Å²) in [6.45, 7) is 5.33. The molecular weight excluding hydrogens is 220 g/mol. The van der Waals surface area contributed by atoms with Crippen LogP contribution in [0.4, 0.5) is 0 Å². The zero-order valence-electron chi connectivity index (χ0n) is 10.6. The number of carbonyl (C=O) groups excluding carboxylic acids is 1. The van der Waals surface area contributed by atoms with E-state index < -0.39 is 0 Å². The van der Waals surface area contributed by atoms with Crippen LogP contribution in [0.5, 0.6) is 0 Å². The van der Waals surface area contributed by atoms with Crippen molar-refractivity contribution >= 4 is 17.7 Å². The number of amides is 1. The average Bonchev–Trinajstić information content (AvgIpc) is 2.17. The van der Waals surface area contributed by atoms with E-state index in [1.165, 1.54) is 19.3 Å². The maximum atomic E-state index is 11.9. The molecule has 4 heteroatoms. The van der Waals surface area contributed by atoms with Gasteiger partial charge in [-0.3, -0.25) is 4.79 Å². The van der Waals surface area contributed by atoms with Crippen molar-refractivity contribution in [2.45, 2.75) is 37.9 Å². The summed E-state index contributed by atoms with van der Waals surface area (Å²) in [5.74, 6) is 0.397. The molecule has 3 N–H and O–H groups in total. The van der Waals surface area contributed by atoms with E-state index in [-0.39, 0.29) is 11.8 Å². The fourth-order valence-electron chi connectivity index (χ4n) is 2.09. The monoisotopic (exact) mass is 244 g/mol. The summed E-state index contributed by atoms with van der Waals surface area (Å²) in [4.78, 5) is 11.9.